The molecular weight excluding hydrogens is 242 g/mol. The lowest BCUT2D eigenvalue weighted by molar-refractivity contribution is 0.661. The standard InChI is InChI=1S/C14H17N3S/c1-10(13-7-4-8-18-13)17-14-11-5-2-3-6-12(11)15-9-16-14/h4,7-10H,2-3,5-6H2,1H3,(H,15,16,17). The van der Waals surface area contributed by atoms with Gasteiger partial charge in [0.15, 0.2) is 0 Å². The first-order valence-corrected chi connectivity index (χ1v) is 7.35. The van der Waals surface area contributed by atoms with Crippen molar-refractivity contribution in [2.24, 2.45) is 0 Å². The van der Waals surface area contributed by atoms with E-state index in [2.05, 4.69) is 39.7 Å². The van der Waals surface area contributed by atoms with Crippen molar-refractivity contribution in [3.63, 3.8) is 0 Å². The van der Waals surface area contributed by atoms with Gasteiger partial charge in [0.2, 0.25) is 0 Å². The van der Waals surface area contributed by atoms with Gasteiger partial charge in [0.25, 0.3) is 0 Å². The van der Waals surface area contributed by atoms with Crippen molar-refractivity contribution >= 4 is 17.2 Å². The maximum atomic E-state index is 4.42. The van der Waals surface area contributed by atoms with Crippen molar-refractivity contribution in [1.29, 1.82) is 0 Å². The molecule has 1 N–H and O–H groups in total. The minimum Gasteiger partial charge on any atom is -0.362 e. The zero-order valence-corrected chi connectivity index (χ0v) is 11.3. The number of fused-ring (bicyclic) bond motifs is 1. The van der Waals surface area contributed by atoms with E-state index in [1.165, 1.54) is 29.0 Å². The van der Waals surface area contributed by atoms with Gasteiger partial charge in [-0.25, -0.2) is 9.97 Å². The van der Waals surface area contributed by atoms with Crippen LogP contribution in [0.5, 0.6) is 0 Å². The van der Waals surface area contributed by atoms with Crippen molar-refractivity contribution in [2.75, 3.05) is 5.32 Å². The lowest BCUT2D eigenvalue weighted by atomic mass is 9.96. The van der Waals surface area contributed by atoms with Crippen LogP contribution in [0.1, 0.15) is 41.9 Å². The van der Waals surface area contributed by atoms with Crippen LogP contribution in [0, 0.1) is 0 Å². The Kier molecular flexibility index (Phi) is 3.28. The lowest BCUT2D eigenvalue weighted by Gasteiger charge is -2.20. The Labute approximate surface area is 111 Å². The molecule has 18 heavy (non-hydrogen) atoms. The van der Waals surface area contributed by atoms with Crippen LogP contribution in [0.3, 0.4) is 0 Å². The fourth-order valence-electron chi connectivity index (χ4n) is 2.46. The second kappa shape index (κ2) is 5.06. The predicted octanol–water partition coefficient (Wildman–Crippen LogP) is 3.59. The molecule has 0 aromatic carbocycles. The van der Waals surface area contributed by atoms with Gasteiger partial charge in [-0.2, -0.15) is 0 Å². The van der Waals surface area contributed by atoms with Gasteiger partial charge in [0, 0.05) is 16.1 Å². The van der Waals surface area contributed by atoms with Gasteiger partial charge in [-0.05, 0) is 44.1 Å². The maximum Gasteiger partial charge on any atom is 0.133 e. The summed E-state index contributed by atoms with van der Waals surface area (Å²) in [7, 11) is 0. The Balaban J connectivity index is 1.84. The minimum absolute atomic E-state index is 0.311. The Hall–Kier alpha value is -1.42. The summed E-state index contributed by atoms with van der Waals surface area (Å²) in [6.45, 7) is 2.18. The second-order valence-corrected chi connectivity index (χ2v) is 5.72. The molecule has 0 radical (unpaired) electrons. The van der Waals surface area contributed by atoms with Crippen molar-refractivity contribution < 1.29 is 0 Å². The largest absolute Gasteiger partial charge is 0.362 e. The number of rotatable bonds is 3. The number of hydrogen-bond acceptors (Lipinski definition) is 4. The summed E-state index contributed by atoms with van der Waals surface area (Å²) in [5, 5.41) is 5.65. The highest BCUT2D eigenvalue weighted by atomic mass is 32.1. The fourth-order valence-corrected chi connectivity index (χ4v) is 3.19. The van der Waals surface area contributed by atoms with Crippen LogP contribution in [0.25, 0.3) is 0 Å². The highest BCUT2D eigenvalue weighted by Gasteiger charge is 2.17. The topological polar surface area (TPSA) is 37.8 Å². The van der Waals surface area contributed by atoms with Gasteiger partial charge in [0.1, 0.15) is 12.1 Å². The molecule has 2 aromatic heterocycles. The highest BCUT2D eigenvalue weighted by Crippen LogP contribution is 2.28. The number of hydrogen-bond donors (Lipinski definition) is 1. The van der Waals surface area contributed by atoms with Gasteiger partial charge in [-0.3, -0.25) is 0 Å². The van der Waals surface area contributed by atoms with Crippen LogP contribution < -0.4 is 5.32 Å². The number of nitrogens with zero attached hydrogens (tertiary/aromatic N) is 2. The molecule has 0 spiro atoms. The van der Waals surface area contributed by atoms with Crippen LogP contribution in [0.2, 0.25) is 0 Å². The van der Waals surface area contributed by atoms with E-state index in [0.717, 1.165) is 18.7 Å². The third-order valence-electron chi connectivity index (χ3n) is 3.45. The van der Waals surface area contributed by atoms with Gasteiger partial charge >= 0.3 is 0 Å². The first-order valence-electron chi connectivity index (χ1n) is 6.47. The van der Waals surface area contributed by atoms with Crippen LogP contribution in [0.4, 0.5) is 5.82 Å². The van der Waals surface area contributed by atoms with Crippen molar-refractivity contribution in [3.05, 3.63) is 40.0 Å². The average molecular weight is 259 g/mol. The molecule has 1 unspecified atom stereocenters. The molecule has 0 amide bonds. The molecule has 0 fully saturated rings. The summed E-state index contributed by atoms with van der Waals surface area (Å²) >= 11 is 1.78. The van der Waals surface area contributed by atoms with Crippen LogP contribution >= 0.6 is 11.3 Å². The molecule has 0 aliphatic heterocycles. The van der Waals surface area contributed by atoms with Crippen LogP contribution in [-0.4, -0.2) is 9.97 Å². The van der Waals surface area contributed by atoms with Crippen molar-refractivity contribution in [3.8, 4) is 0 Å². The normalized spacial score (nSPS) is 16.1. The van der Waals surface area contributed by atoms with E-state index in [-0.39, 0.29) is 0 Å². The summed E-state index contributed by atoms with van der Waals surface area (Å²) < 4.78 is 0. The molecule has 1 aliphatic rings. The maximum absolute atomic E-state index is 4.42. The summed E-state index contributed by atoms with van der Waals surface area (Å²) in [6, 6.07) is 4.56. The van der Waals surface area contributed by atoms with E-state index in [4.69, 9.17) is 0 Å². The molecule has 3 nitrogen and oxygen atoms in total. The minimum atomic E-state index is 0.311. The van der Waals surface area contributed by atoms with Gasteiger partial charge in [-0.1, -0.05) is 6.07 Å². The molecule has 0 saturated carbocycles. The second-order valence-electron chi connectivity index (χ2n) is 4.74. The molecule has 2 heterocycles. The number of aryl methyl sites for hydroxylation is 1. The highest BCUT2D eigenvalue weighted by molar-refractivity contribution is 7.10. The first kappa shape index (κ1) is 11.7. The van der Waals surface area contributed by atoms with E-state index in [9.17, 15) is 0 Å². The number of nitrogens with one attached hydrogen (secondary N) is 1. The summed E-state index contributed by atoms with van der Waals surface area (Å²) in [6.07, 6.45) is 6.40. The zero-order valence-electron chi connectivity index (χ0n) is 10.5. The van der Waals surface area contributed by atoms with Gasteiger partial charge in [0.05, 0.1) is 6.04 Å². The molecule has 1 atom stereocenters. The Morgan fingerprint density at radius 3 is 3.00 bits per heavy atom. The summed E-state index contributed by atoms with van der Waals surface area (Å²) in [5.74, 6) is 1.03. The van der Waals surface area contributed by atoms with E-state index >= 15 is 0 Å². The smallest absolute Gasteiger partial charge is 0.133 e. The van der Waals surface area contributed by atoms with Gasteiger partial charge in [-0.15, -0.1) is 11.3 Å². The van der Waals surface area contributed by atoms with Crippen molar-refractivity contribution in [2.45, 2.75) is 38.6 Å². The molecule has 4 heteroatoms. The third kappa shape index (κ3) is 2.25. The fraction of sp³-hybridized carbons (Fsp3) is 0.429. The van der Waals surface area contributed by atoms with Crippen LogP contribution in [0.15, 0.2) is 23.8 Å². The van der Waals surface area contributed by atoms with Crippen LogP contribution in [-0.2, 0) is 12.8 Å². The first-order chi connectivity index (χ1) is 8.84. The predicted molar refractivity (Wildman–Crippen MR) is 75.0 cm³/mol. The number of aromatic nitrogens is 2. The molecule has 3 rings (SSSR count). The Bertz CT molecular complexity index is 522. The summed E-state index contributed by atoms with van der Waals surface area (Å²) in [5.41, 5.74) is 2.56. The zero-order chi connectivity index (χ0) is 12.4. The molecule has 1 aliphatic carbocycles. The van der Waals surface area contributed by atoms with E-state index in [1.807, 2.05) is 0 Å². The Morgan fingerprint density at radius 2 is 2.17 bits per heavy atom. The van der Waals surface area contributed by atoms with Gasteiger partial charge < -0.3 is 5.32 Å². The van der Waals surface area contributed by atoms with E-state index in [0.29, 0.717) is 6.04 Å². The summed E-state index contributed by atoms with van der Waals surface area (Å²) in [4.78, 5) is 10.2. The van der Waals surface area contributed by atoms with E-state index in [1.54, 1.807) is 17.7 Å². The quantitative estimate of drug-likeness (QED) is 0.915. The molecule has 2 aromatic rings. The molecular formula is C14H17N3S. The molecule has 94 valence electrons. The van der Waals surface area contributed by atoms with E-state index < -0.39 is 0 Å². The SMILES string of the molecule is CC(Nc1ncnc2c1CCCC2)c1cccs1. The average Bonchev–Trinajstić information content (AvgIpc) is 2.93. The number of anilines is 1. The Morgan fingerprint density at radius 1 is 1.28 bits per heavy atom. The monoisotopic (exact) mass is 259 g/mol. The number of thiophene rings is 1. The third-order valence-corrected chi connectivity index (χ3v) is 4.50. The molecule has 0 saturated heterocycles. The molecule has 0 bridgehead atoms. The lowest BCUT2D eigenvalue weighted by Crippen LogP contribution is -2.14. The van der Waals surface area contributed by atoms with Crippen molar-refractivity contribution in [1.82, 2.24) is 9.97 Å².